The van der Waals surface area contributed by atoms with Crippen molar-refractivity contribution >= 4 is 18.0 Å². The van der Waals surface area contributed by atoms with Gasteiger partial charge in [0.15, 0.2) is 0 Å². The average molecular weight is 447 g/mol. The minimum absolute atomic E-state index is 0.0325. The Balaban J connectivity index is 2.20. The van der Waals surface area contributed by atoms with Gasteiger partial charge in [-0.3, -0.25) is 14.3 Å². The summed E-state index contributed by atoms with van der Waals surface area (Å²) in [6.07, 6.45) is 0.751. The highest BCUT2D eigenvalue weighted by Crippen LogP contribution is 2.32. The van der Waals surface area contributed by atoms with Crippen LogP contribution < -0.4 is 10.6 Å². The van der Waals surface area contributed by atoms with E-state index in [0.29, 0.717) is 16.8 Å². The van der Waals surface area contributed by atoms with Crippen LogP contribution >= 0.6 is 0 Å². The highest BCUT2D eigenvalue weighted by atomic mass is 16.6. The summed E-state index contributed by atoms with van der Waals surface area (Å²) < 4.78 is 11.7. The van der Waals surface area contributed by atoms with E-state index in [1.54, 1.807) is 63.8 Å². The molecule has 0 bridgehead atoms. The van der Waals surface area contributed by atoms with E-state index in [1.807, 2.05) is 0 Å². The summed E-state index contributed by atoms with van der Waals surface area (Å²) in [7, 11) is 1.74. The van der Waals surface area contributed by atoms with Crippen LogP contribution in [0.25, 0.3) is 11.3 Å². The third kappa shape index (κ3) is 7.29. The van der Waals surface area contributed by atoms with Gasteiger partial charge in [-0.15, -0.1) is 0 Å². The predicted molar refractivity (Wildman–Crippen MR) is 117 cm³/mol. The monoisotopic (exact) mass is 446 g/mol. The Morgan fingerprint density at radius 3 is 2.53 bits per heavy atom. The van der Waals surface area contributed by atoms with E-state index in [0.717, 1.165) is 0 Å². The first-order valence-corrected chi connectivity index (χ1v) is 10.2. The number of nitrogens with one attached hydrogen (secondary N) is 2. The van der Waals surface area contributed by atoms with Crippen LogP contribution in [0.4, 0.5) is 4.79 Å². The Kier molecular flexibility index (Phi) is 8.22. The van der Waals surface area contributed by atoms with Crippen LogP contribution in [-0.4, -0.2) is 51.6 Å². The maximum Gasteiger partial charge on any atom is 0.408 e. The molecule has 0 aliphatic carbocycles. The Labute approximate surface area is 186 Å². The second-order valence-electron chi connectivity index (χ2n) is 8.10. The van der Waals surface area contributed by atoms with Gasteiger partial charge in [0.2, 0.25) is 5.91 Å². The van der Waals surface area contributed by atoms with Gasteiger partial charge < -0.3 is 25.2 Å². The summed E-state index contributed by atoms with van der Waals surface area (Å²) in [5, 5.41) is 19.5. The molecular weight excluding hydrogens is 416 g/mol. The van der Waals surface area contributed by atoms with Crippen LogP contribution in [0.1, 0.15) is 45.7 Å². The zero-order chi connectivity index (χ0) is 23.9. The van der Waals surface area contributed by atoms with Crippen molar-refractivity contribution in [2.75, 3.05) is 13.2 Å². The van der Waals surface area contributed by atoms with E-state index in [4.69, 9.17) is 9.47 Å². The maximum atomic E-state index is 12.5. The van der Waals surface area contributed by atoms with Gasteiger partial charge in [0.05, 0.1) is 24.8 Å². The van der Waals surface area contributed by atoms with Crippen molar-refractivity contribution < 1.29 is 29.0 Å². The topological polar surface area (TPSA) is 132 Å². The van der Waals surface area contributed by atoms with Gasteiger partial charge in [-0.1, -0.05) is 6.07 Å². The van der Waals surface area contributed by atoms with Gasteiger partial charge in [0.1, 0.15) is 17.9 Å². The summed E-state index contributed by atoms with van der Waals surface area (Å²) in [6.45, 7) is 6.71. The minimum atomic E-state index is -0.741. The average Bonchev–Trinajstić information content (AvgIpc) is 3.11. The molecule has 1 unspecified atom stereocenters. The van der Waals surface area contributed by atoms with Crippen LogP contribution in [0.15, 0.2) is 30.5 Å². The molecule has 2 aromatic rings. The lowest BCUT2D eigenvalue weighted by Gasteiger charge is -2.21. The molecule has 0 aliphatic rings. The van der Waals surface area contributed by atoms with Gasteiger partial charge in [-0.05, 0) is 51.5 Å². The highest BCUT2D eigenvalue weighted by molar-refractivity contribution is 5.83. The number of rotatable bonds is 8. The molecule has 0 spiro atoms. The largest absolute Gasteiger partial charge is 0.507 e. The third-order valence-corrected chi connectivity index (χ3v) is 4.32. The second-order valence-corrected chi connectivity index (χ2v) is 8.10. The molecule has 0 fully saturated rings. The quantitative estimate of drug-likeness (QED) is 0.531. The maximum absolute atomic E-state index is 12.5. The van der Waals surface area contributed by atoms with Crippen LogP contribution in [0.3, 0.4) is 0 Å². The number of alkyl carbamates (subject to hydrolysis) is 1. The molecule has 0 saturated carbocycles. The van der Waals surface area contributed by atoms with Crippen molar-refractivity contribution in [3.63, 3.8) is 0 Å². The number of nitrogens with zero attached hydrogens (tertiary/aromatic N) is 2. The Morgan fingerprint density at radius 1 is 1.22 bits per heavy atom. The van der Waals surface area contributed by atoms with E-state index < -0.39 is 29.6 Å². The first-order valence-electron chi connectivity index (χ1n) is 10.2. The number of carbonyl (C=O) groups is 3. The number of hydrogen-bond donors (Lipinski definition) is 3. The number of ether oxygens (including phenoxy) is 2. The number of phenols is 1. The molecule has 1 atom stereocenters. The molecular formula is C22H30N4O6. The molecule has 0 saturated heterocycles. The van der Waals surface area contributed by atoms with Gasteiger partial charge >= 0.3 is 12.1 Å². The van der Waals surface area contributed by atoms with Gasteiger partial charge in [-0.25, -0.2) is 4.79 Å². The molecule has 0 radical (unpaired) electrons. The molecule has 174 valence electrons. The second kappa shape index (κ2) is 10.7. The predicted octanol–water partition coefficient (Wildman–Crippen LogP) is 2.43. The van der Waals surface area contributed by atoms with E-state index in [-0.39, 0.29) is 25.3 Å². The van der Waals surface area contributed by atoms with Crippen LogP contribution in [-0.2, 0) is 26.1 Å². The standard InChI is InChI=1S/C22H30N4O6/c1-6-31-20(29)12-16(25-19(28)13-23-21(30)32-22(2,3)4)14-7-8-18(27)15(11-14)17-9-10-24-26(17)5/h7-11,16,27H,6,12-13H2,1-5H3,(H,23,30)(H,25,28). The molecule has 1 aromatic heterocycles. The lowest BCUT2D eigenvalue weighted by atomic mass is 9.99. The number of hydrogen-bond acceptors (Lipinski definition) is 7. The van der Waals surface area contributed by atoms with Crippen LogP contribution in [0, 0.1) is 0 Å². The van der Waals surface area contributed by atoms with E-state index in [9.17, 15) is 19.5 Å². The summed E-state index contributed by atoms with van der Waals surface area (Å²) in [6, 6.07) is 5.77. The molecule has 0 aliphatic heterocycles. The van der Waals surface area contributed by atoms with Crippen molar-refractivity contribution in [3.8, 4) is 17.0 Å². The van der Waals surface area contributed by atoms with Crippen molar-refractivity contribution in [2.45, 2.75) is 45.8 Å². The fraction of sp³-hybridized carbons (Fsp3) is 0.455. The summed E-state index contributed by atoms with van der Waals surface area (Å²) in [5.41, 5.74) is 1.05. The molecule has 3 N–H and O–H groups in total. The first-order chi connectivity index (χ1) is 15.0. The van der Waals surface area contributed by atoms with Crippen molar-refractivity contribution in [2.24, 2.45) is 7.05 Å². The van der Waals surface area contributed by atoms with Crippen LogP contribution in [0.5, 0.6) is 5.75 Å². The van der Waals surface area contributed by atoms with E-state index in [2.05, 4.69) is 15.7 Å². The zero-order valence-corrected chi connectivity index (χ0v) is 19.0. The number of esters is 1. The zero-order valence-electron chi connectivity index (χ0n) is 19.0. The smallest absolute Gasteiger partial charge is 0.408 e. The highest BCUT2D eigenvalue weighted by Gasteiger charge is 2.22. The van der Waals surface area contributed by atoms with Crippen LogP contribution in [0.2, 0.25) is 0 Å². The molecule has 1 heterocycles. The SMILES string of the molecule is CCOC(=O)CC(NC(=O)CNC(=O)OC(C)(C)C)c1ccc(O)c(-c2ccnn2C)c1. The number of carbonyl (C=O) groups excluding carboxylic acids is 3. The number of amides is 2. The lowest BCUT2D eigenvalue weighted by Crippen LogP contribution is -2.41. The number of aromatic hydroxyl groups is 1. The molecule has 10 nitrogen and oxygen atoms in total. The summed E-state index contributed by atoms with van der Waals surface area (Å²) in [5.74, 6) is -0.974. The molecule has 1 aromatic carbocycles. The number of benzene rings is 1. The third-order valence-electron chi connectivity index (χ3n) is 4.32. The van der Waals surface area contributed by atoms with Gasteiger partial charge in [0.25, 0.3) is 0 Å². The molecule has 10 heteroatoms. The van der Waals surface area contributed by atoms with Crippen molar-refractivity contribution in [1.82, 2.24) is 20.4 Å². The van der Waals surface area contributed by atoms with Gasteiger partial charge in [0, 0.05) is 18.8 Å². The fourth-order valence-electron chi connectivity index (χ4n) is 2.96. The van der Waals surface area contributed by atoms with E-state index >= 15 is 0 Å². The Bertz CT molecular complexity index is 964. The van der Waals surface area contributed by atoms with Crippen molar-refractivity contribution in [3.05, 3.63) is 36.0 Å². The van der Waals surface area contributed by atoms with E-state index in [1.165, 1.54) is 6.07 Å². The Morgan fingerprint density at radius 2 is 1.94 bits per heavy atom. The summed E-state index contributed by atoms with van der Waals surface area (Å²) in [4.78, 5) is 36.4. The van der Waals surface area contributed by atoms with Crippen molar-refractivity contribution in [1.29, 1.82) is 0 Å². The molecule has 2 amide bonds. The molecule has 32 heavy (non-hydrogen) atoms. The normalized spacial score (nSPS) is 12.0. The number of aromatic nitrogens is 2. The van der Waals surface area contributed by atoms with Gasteiger partial charge in [-0.2, -0.15) is 5.10 Å². The fourth-order valence-corrected chi connectivity index (χ4v) is 2.96. The number of aryl methyl sites for hydroxylation is 1. The summed E-state index contributed by atoms with van der Waals surface area (Å²) >= 11 is 0. The Hall–Kier alpha value is -3.56. The first kappa shape index (κ1) is 24.7. The molecule has 2 rings (SSSR count). The lowest BCUT2D eigenvalue weighted by molar-refractivity contribution is -0.143. The number of phenolic OH excluding ortho intramolecular Hbond substituents is 1. The minimum Gasteiger partial charge on any atom is -0.507 e.